The third-order valence-electron chi connectivity index (χ3n) is 2.10. The second-order valence-corrected chi connectivity index (χ2v) is 4.53. The molecule has 1 unspecified atom stereocenters. The Bertz CT molecular complexity index is 325. The van der Waals surface area contributed by atoms with Crippen LogP contribution in [0.4, 0.5) is 13.9 Å². The Kier molecular flexibility index (Phi) is 3.98. The Hall–Kier alpha value is -0.750. The first kappa shape index (κ1) is 12.3. The number of aromatic nitrogens is 1. The van der Waals surface area contributed by atoms with Crippen molar-refractivity contribution in [2.24, 2.45) is 5.73 Å². The fraction of sp³-hybridized carbons (Fsp3) is 0.667. The van der Waals surface area contributed by atoms with E-state index in [1.54, 1.807) is 11.8 Å². The fourth-order valence-electron chi connectivity index (χ4n) is 1.25. The Morgan fingerprint density at radius 3 is 2.40 bits per heavy atom. The van der Waals surface area contributed by atoms with E-state index in [0.717, 1.165) is 5.13 Å². The van der Waals surface area contributed by atoms with Gasteiger partial charge in [0.1, 0.15) is 0 Å². The lowest BCUT2D eigenvalue weighted by Crippen LogP contribution is -2.19. The zero-order valence-corrected chi connectivity index (χ0v) is 9.81. The molecular formula is C9H15F2N3S. The van der Waals surface area contributed by atoms with Crippen LogP contribution in [0.3, 0.4) is 0 Å². The molecule has 1 rings (SSSR count). The van der Waals surface area contributed by atoms with Crippen molar-refractivity contribution in [2.45, 2.75) is 19.3 Å². The Balaban J connectivity index is 3.02. The summed E-state index contributed by atoms with van der Waals surface area (Å²) in [5, 5.41) is 0.738. The lowest BCUT2D eigenvalue weighted by molar-refractivity contribution is 0.118. The molecule has 0 bridgehead atoms. The maximum absolute atomic E-state index is 12.7. The normalized spacial score (nSPS) is 13.3. The van der Waals surface area contributed by atoms with Crippen LogP contribution in [0.5, 0.6) is 0 Å². The van der Waals surface area contributed by atoms with Crippen molar-refractivity contribution in [3.05, 3.63) is 10.6 Å². The first-order valence-electron chi connectivity index (χ1n) is 4.60. The van der Waals surface area contributed by atoms with E-state index < -0.39 is 12.3 Å². The van der Waals surface area contributed by atoms with Crippen molar-refractivity contribution in [3.63, 3.8) is 0 Å². The SMILES string of the molecule is Cc1nc(N(C)C)sc1C(CN)C(F)F. The molecule has 86 valence electrons. The number of hydrogen-bond acceptors (Lipinski definition) is 4. The molecule has 15 heavy (non-hydrogen) atoms. The molecule has 0 saturated carbocycles. The molecule has 0 amide bonds. The van der Waals surface area contributed by atoms with Gasteiger partial charge in [-0.3, -0.25) is 0 Å². The van der Waals surface area contributed by atoms with E-state index in [-0.39, 0.29) is 6.54 Å². The van der Waals surface area contributed by atoms with Crippen LogP contribution in [-0.2, 0) is 0 Å². The average molecular weight is 235 g/mol. The summed E-state index contributed by atoms with van der Waals surface area (Å²) in [6.07, 6.45) is -2.43. The topological polar surface area (TPSA) is 42.2 Å². The zero-order chi connectivity index (χ0) is 11.6. The molecule has 1 heterocycles. The molecule has 2 N–H and O–H groups in total. The van der Waals surface area contributed by atoms with Crippen molar-refractivity contribution in [1.29, 1.82) is 0 Å². The molecular weight excluding hydrogens is 220 g/mol. The predicted molar refractivity (Wildman–Crippen MR) is 59.0 cm³/mol. The minimum absolute atomic E-state index is 0.0480. The first-order chi connectivity index (χ1) is 6.97. The second-order valence-electron chi connectivity index (χ2n) is 3.52. The molecule has 0 saturated heterocycles. The summed E-state index contributed by atoms with van der Waals surface area (Å²) < 4.78 is 25.3. The largest absolute Gasteiger partial charge is 0.354 e. The highest BCUT2D eigenvalue weighted by molar-refractivity contribution is 7.15. The van der Waals surface area contributed by atoms with Crippen molar-refractivity contribution in [1.82, 2.24) is 4.98 Å². The summed E-state index contributed by atoms with van der Waals surface area (Å²) in [4.78, 5) is 6.62. The van der Waals surface area contributed by atoms with Gasteiger partial charge in [-0.2, -0.15) is 0 Å². The summed E-state index contributed by atoms with van der Waals surface area (Å²) >= 11 is 1.28. The second kappa shape index (κ2) is 4.85. The van der Waals surface area contributed by atoms with Crippen molar-refractivity contribution in [2.75, 3.05) is 25.5 Å². The van der Waals surface area contributed by atoms with E-state index in [1.807, 2.05) is 14.1 Å². The number of hydrogen-bond donors (Lipinski definition) is 1. The van der Waals surface area contributed by atoms with Crippen molar-refractivity contribution in [3.8, 4) is 0 Å². The summed E-state index contributed by atoms with van der Waals surface area (Å²) in [6, 6.07) is 0. The highest BCUT2D eigenvalue weighted by atomic mass is 32.1. The zero-order valence-electron chi connectivity index (χ0n) is 9.00. The number of alkyl halides is 2. The van der Waals surface area contributed by atoms with E-state index in [0.29, 0.717) is 10.6 Å². The van der Waals surface area contributed by atoms with Crippen LogP contribution in [-0.4, -0.2) is 32.0 Å². The predicted octanol–water partition coefficient (Wildman–Crippen LogP) is 1.82. The van der Waals surface area contributed by atoms with E-state index in [1.165, 1.54) is 11.3 Å². The van der Waals surface area contributed by atoms with Crippen LogP contribution in [0, 0.1) is 6.92 Å². The first-order valence-corrected chi connectivity index (χ1v) is 5.41. The molecule has 6 heteroatoms. The quantitative estimate of drug-likeness (QED) is 0.865. The Morgan fingerprint density at radius 2 is 2.07 bits per heavy atom. The third kappa shape index (κ3) is 2.63. The molecule has 1 atom stereocenters. The van der Waals surface area contributed by atoms with E-state index >= 15 is 0 Å². The van der Waals surface area contributed by atoms with Gasteiger partial charge in [-0.25, -0.2) is 13.8 Å². The van der Waals surface area contributed by atoms with Gasteiger partial charge in [0.15, 0.2) is 5.13 Å². The van der Waals surface area contributed by atoms with Gasteiger partial charge in [-0.15, -0.1) is 11.3 Å². The third-order valence-corrected chi connectivity index (χ3v) is 3.56. The number of anilines is 1. The molecule has 1 aromatic heterocycles. The summed E-state index contributed by atoms with van der Waals surface area (Å²) in [5.41, 5.74) is 6.00. The summed E-state index contributed by atoms with van der Waals surface area (Å²) in [7, 11) is 3.67. The molecule has 0 fully saturated rings. The van der Waals surface area contributed by atoms with Crippen molar-refractivity contribution < 1.29 is 8.78 Å². The maximum Gasteiger partial charge on any atom is 0.247 e. The lowest BCUT2D eigenvalue weighted by Gasteiger charge is -2.11. The smallest absolute Gasteiger partial charge is 0.247 e. The number of nitrogens with zero attached hydrogens (tertiary/aromatic N) is 2. The number of rotatable bonds is 4. The van der Waals surface area contributed by atoms with Gasteiger partial charge in [0.2, 0.25) is 6.43 Å². The van der Waals surface area contributed by atoms with Gasteiger partial charge < -0.3 is 10.6 Å². The van der Waals surface area contributed by atoms with Crippen LogP contribution in [0.1, 0.15) is 16.5 Å². The monoisotopic (exact) mass is 235 g/mol. The van der Waals surface area contributed by atoms with E-state index in [4.69, 9.17) is 5.73 Å². The van der Waals surface area contributed by atoms with Gasteiger partial charge in [0.25, 0.3) is 0 Å². The number of nitrogens with two attached hydrogens (primary N) is 1. The van der Waals surface area contributed by atoms with Crippen LogP contribution >= 0.6 is 11.3 Å². The minimum Gasteiger partial charge on any atom is -0.354 e. The summed E-state index contributed by atoms with van der Waals surface area (Å²) in [5.74, 6) is -0.892. The molecule has 0 spiro atoms. The maximum atomic E-state index is 12.7. The van der Waals surface area contributed by atoms with Crippen molar-refractivity contribution >= 4 is 16.5 Å². The van der Waals surface area contributed by atoms with E-state index in [9.17, 15) is 8.78 Å². The molecule has 0 aromatic carbocycles. The minimum atomic E-state index is -2.43. The molecule has 0 aliphatic heterocycles. The standard InChI is InChI=1S/C9H15F2N3S/c1-5-7(6(4-12)8(10)11)15-9(13-5)14(2)3/h6,8H,4,12H2,1-3H3. The molecule has 1 aromatic rings. The molecule has 0 aliphatic rings. The highest BCUT2D eigenvalue weighted by Gasteiger charge is 2.25. The van der Waals surface area contributed by atoms with E-state index in [2.05, 4.69) is 4.98 Å². The number of aryl methyl sites for hydroxylation is 1. The van der Waals surface area contributed by atoms with Crippen LogP contribution in [0.15, 0.2) is 0 Å². The van der Waals surface area contributed by atoms with Gasteiger partial charge in [0, 0.05) is 25.5 Å². The molecule has 0 aliphatic carbocycles. The molecule has 3 nitrogen and oxygen atoms in total. The van der Waals surface area contributed by atoms with Gasteiger partial charge in [-0.1, -0.05) is 0 Å². The van der Waals surface area contributed by atoms with Gasteiger partial charge >= 0.3 is 0 Å². The lowest BCUT2D eigenvalue weighted by atomic mass is 10.1. The van der Waals surface area contributed by atoms with Gasteiger partial charge in [0.05, 0.1) is 11.6 Å². The Morgan fingerprint density at radius 1 is 1.47 bits per heavy atom. The van der Waals surface area contributed by atoms with Crippen LogP contribution in [0.2, 0.25) is 0 Å². The van der Waals surface area contributed by atoms with Crippen LogP contribution in [0.25, 0.3) is 0 Å². The average Bonchev–Trinajstić information content (AvgIpc) is 2.49. The Labute approximate surface area is 91.9 Å². The summed E-state index contributed by atoms with van der Waals surface area (Å²) in [6.45, 7) is 1.69. The molecule has 0 radical (unpaired) electrons. The number of halogens is 2. The van der Waals surface area contributed by atoms with Crippen LogP contribution < -0.4 is 10.6 Å². The van der Waals surface area contributed by atoms with Gasteiger partial charge in [-0.05, 0) is 6.92 Å². The highest BCUT2D eigenvalue weighted by Crippen LogP contribution is 2.33. The fourth-order valence-corrected chi connectivity index (χ4v) is 2.36. The number of thiazole rings is 1.